The highest BCUT2D eigenvalue weighted by molar-refractivity contribution is 6.02. The molecule has 17 heavy (non-hydrogen) atoms. The molecule has 2 heterocycles. The van der Waals surface area contributed by atoms with Crippen molar-refractivity contribution in [2.45, 2.75) is 26.1 Å². The Morgan fingerprint density at radius 1 is 1.41 bits per heavy atom. The molecule has 2 atom stereocenters. The number of carbonyl (C=O) groups is 1. The molecule has 1 aliphatic rings. The minimum absolute atomic E-state index is 0.164. The number of ketones is 1. The Morgan fingerprint density at radius 2 is 2.12 bits per heavy atom. The molecule has 0 amide bonds. The molecule has 0 bridgehead atoms. The molecule has 0 saturated heterocycles. The number of aliphatic hydroxyl groups is 1. The van der Waals surface area contributed by atoms with Gasteiger partial charge < -0.3 is 14.3 Å². The van der Waals surface area contributed by atoms with Crippen LogP contribution in [0.3, 0.4) is 0 Å². The Labute approximate surface area is 97.3 Å². The number of allylic oxidation sites excluding steroid dienone is 1. The van der Waals surface area contributed by atoms with E-state index < -0.39 is 23.6 Å². The summed E-state index contributed by atoms with van der Waals surface area (Å²) in [5.74, 6) is -0.177. The zero-order chi connectivity index (χ0) is 12.6. The summed E-state index contributed by atoms with van der Waals surface area (Å²) >= 11 is 0. The summed E-state index contributed by atoms with van der Waals surface area (Å²) in [5, 5.41) is 9.52. The van der Waals surface area contributed by atoms with Crippen LogP contribution in [-0.4, -0.2) is 23.1 Å². The van der Waals surface area contributed by atoms with Crippen LogP contribution in [0.5, 0.6) is 5.75 Å². The largest absolute Gasteiger partial charge is 0.486 e. The maximum atomic E-state index is 11.7. The molecule has 0 aromatic carbocycles. The predicted octanol–water partition coefficient (Wildman–Crippen LogP) is 0.997. The summed E-state index contributed by atoms with van der Waals surface area (Å²) in [6.07, 6.45) is 1.30. The zero-order valence-corrected chi connectivity index (χ0v) is 9.47. The van der Waals surface area contributed by atoms with Crippen LogP contribution >= 0.6 is 0 Å². The van der Waals surface area contributed by atoms with Crippen molar-refractivity contribution < 1.29 is 19.1 Å². The highest BCUT2D eigenvalue weighted by Gasteiger charge is 2.36. The fourth-order valence-corrected chi connectivity index (χ4v) is 1.68. The number of aliphatic hydroxyl groups excluding tert-OH is 1. The van der Waals surface area contributed by atoms with Gasteiger partial charge in [-0.2, -0.15) is 0 Å². The number of hydrogen-bond acceptors (Lipinski definition) is 5. The van der Waals surface area contributed by atoms with Crippen LogP contribution in [-0.2, 0) is 0 Å². The fraction of sp³-hybridized carbons (Fsp3) is 0.333. The van der Waals surface area contributed by atoms with E-state index in [9.17, 15) is 14.7 Å². The predicted molar refractivity (Wildman–Crippen MR) is 60.1 cm³/mol. The minimum Gasteiger partial charge on any atom is -0.486 e. The van der Waals surface area contributed by atoms with Crippen LogP contribution in [0, 0.1) is 0 Å². The molecule has 1 aromatic rings. The number of hydrogen-bond donors (Lipinski definition) is 1. The highest BCUT2D eigenvalue weighted by Crippen LogP contribution is 2.26. The van der Waals surface area contributed by atoms with Gasteiger partial charge in [0.2, 0.25) is 5.78 Å². The lowest BCUT2D eigenvalue weighted by molar-refractivity contribution is 0.0280. The Hall–Kier alpha value is -1.88. The van der Waals surface area contributed by atoms with Gasteiger partial charge in [-0.25, -0.2) is 4.79 Å². The summed E-state index contributed by atoms with van der Waals surface area (Å²) in [6.45, 7) is 3.34. The van der Waals surface area contributed by atoms with Gasteiger partial charge in [0.15, 0.2) is 6.10 Å². The molecule has 0 spiro atoms. The molecule has 0 unspecified atom stereocenters. The van der Waals surface area contributed by atoms with Crippen LogP contribution in [0.15, 0.2) is 21.4 Å². The van der Waals surface area contributed by atoms with E-state index in [1.54, 1.807) is 26.0 Å². The van der Waals surface area contributed by atoms with Gasteiger partial charge in [0.1, 0.15) is 23.2 Å². The third-order valence-corrected chi connectivity index (χ3v) is 2.54. The van der Waals surface area contributed by atoms with Gasteiger partial charge in [-0.15, -0.1) is 0 Å². The molecule has 0 fully saturated rings. The smallest absolute Gasteiger partial charge is 0.351 e. The summed E-state index contributed by atoms with van der Waals surface area (Å²) in [5.41, 5.74) is -1.00. The second-order valence-electron chi connectivity index (χ2n) is 3.81. The average Bonchev–Trinajstić information content (AvgIpc) is 2.25. The van der Waals surface area contributed by atoms with Crippen LogP contribution in [0.1, 0.15) is 30.0 Å². The zero-order valence-electron chi connectivity index (χ0n) is 9.47. The van der Waals surface area contributed by atoms with Crippen molar-refractivity contribution in [3.05, 3.63) is 33.9 Å². The van der Waals surface area contributed by atoms with Gasteiger partial charge in [-0.1, -0.05) is 6.08 Å². The minimum atomic E-state index is -1.32. The van der Waals surface area contributed by atoms with E-state index in [-0.39, 0.29) is 11.3 Å². The van der Waals surface area contributed by atoms with Gasteiger partial charge in [0.05, 0.1) is 0 Å². The molecular weight excluding hydrogens is 224 g/mol. The molecular formula is C12H12O5. The van der Waals surface area contributed by atoms with Crippen molar-refractivity contribution in [2.24, 2.45) is 0 Å². The number of ether oxygens (including phenoxy) is 1. The van der Waals surface area contributed by atoms with Crippen molar-refractivity contribution in [3.8, 4) is 5.75 Å². The number of carbonyl (C=O) groups excluding carboxylic acids is 1. The number of fused-ring (bicyclic) bond motifs is 1. The lowest BCUT2D eigenvalue weighted by Crippen LogP contribution is -2.42. The first-order chi connectivity index (χ1) is 8.04. The fourth-order valence-electron chi connectivity index (χ4n) is 1.68. The molecule has 0 saturated carbocycles. The molecule has 2 rings (SSSR count). The third-order valence-electron chi connectivity index (χ3n) is 2.54. The Kier molecular flexibility index (Phi) is 2.85. The highest BCUT2D eigenvalue weighted by atomic mass is 16.5. The molecule has 1 aliphatic heterocycles. The van der Waals surface area contributed by atoms with E-state index in [2.05, 4.69) is 0 Å². The first-order valence-corrected chi connectivity index (χ1v) is 5.24. The standard InChI is InChI=1S/C12H12O5/c1-3-4-7-5-8-9(12(15)17-7)11(14)10(13)6(2)16-8/h3-6,10,13H,1-2H3/b4-3+/t6-,10-/m1/s1. The van der Waals surface area contributed by atoms with Crippen molar-refractivity contribution in [2.75, 3.05) is 0 Å². The molecule has 90 valence electrons. The van der Waals surface area contributed by atoms with E-state index in [0.29, 0.717) is 5.76 Å². The van der Waals surface area contributed by atoms with Crippen molar-refractivity contribution in [1.29, 1.82) is 0 Å². The van der Waals surface area contributed by atoms with E-state index >= 15 is 0 Å². The maximum absolute atomic E-state index is 11.7. The summed E-state index contributed by atoms with van der Waals surface area (Å²) in [7, 11) is 0. The van der Waals surface area contributed by atoms with Crippen molar-refractivity contribution in [1.82, 2.24) is 0 Å². The van der Waals surface area contributed by atoms with Gasteiger partial charge >= 0.3 is 5.63 Å². The molecule has 1 aromatic heterocycles. The normalized spacial score (nSPS) is 23.6. The first-order valence-electron chi connectivity index (χ1n) is 5.24. The van der Waals surface area contributed by atoms with E-state index in [1.807, 2.05) is 0 Å². The van der Waals surface area contributed by atoms with Gasteiger partial charge in [-0.3, -0.25) is 4.79 Å². The number of Topliss-reactive ketones (excluding diaryl/α,β-unsaturated/α-hetero) is 1. The Morgan fingerprint density at radius 3 is 2.76 bits per heavy atom. The van der Waals surface area contributed by atoms with Crippen LogP contribution in [0.4, 0.5) is 0 Å². The number of rotatable bonds is 1. The molecule has 5 nitrogen and oxygen atoms in total. The SMILES string of the molecule is C/C=C/c1cc2c(c(=O)o1)C(=O)[C@H](O)[C@@H](C)O2. The van der Waals surface area contributed by atoms with Crippen molar-refractivity contribution in [3.63, 3.8) is 0 Å². The Bertz CT molecular complexity index is 540. The van der Waals surface area contributed by atoms with Gasteiger partial charge in [-0.05, 0) is 19.9 Å². The van der Waals surface area contributed by atoms with Gasteiger partial charge in [0.25, 0.3) is 0 Å². The molecule has 0 aliphatic carbocycles. The third kappa shape index (κ3) is 1.89. The molecule has 1 N–H and O–H groups in total. The first kappa shape index (κ1) is 11.6. The molecule has 0 radical (unpaired) electrons. The molecule has 5 heteroatoms. The Balaban J connectivity index is 2.60. The lowest BCUT2D eigenvalue weighted by Gasteiger charge is -2.25. The monoisotopic (exact) mass is 236 g/mol. The van der Waals surface area contributed by atoms with Crippen LogP contribution < -0.4 is 10.4 Å². The van der Waals surface area contributed by atoms with Crippen LogP contribution in [0.2, 0.25) is 0 Å². The lowest BCUT2D eigenvalue weighted by atomic mass is 10.0. The second-order valence-corrected chi connectivity index (χ2v) is 3.81. The van der Waals surface area contributed by atoms with Crippen LogP contribution in [0.25, 0.3) is 6.08 Å². The topological polar surface area (TPSA) is 76.7 Å². The summed E-state index contributed by atoms with van der Waals surface area (Å²) in [4.78, 5) is 23.3. The summed E-state index contributed by atoms with van der Waals surface area (Å²) in [6, 6.07) is 1.47. The van der Waals surface area contributed by atoms with E-state index in [1.165, 1.54) is 6.07 Å². The van der Waals surface area contributed by atoms with E-state index in [0.717, 1.165) is 0 Å². The second kappa shape index (κ2) is 4.18. The van der Waals surface area contributed by atoms with Gasteiger partial charge in [0, 0.05) is 6.07 Å². The quantitative estimate of drug-likeness (QED) is 0.787. The maximum Gasteiger partial charge on any atom is 0.351 e. The summed E-state index contributed by atoms with van der Waals surface area (Å²) < 4.78 is 10.2. The van der Waals surface area contributed by atoms with E-state index in [4.69, 9.17) is 9.15 Å². The average molecular weight is 236 g/mol. The van der Waals surface area contributed by atoms with Crippen molar-refractivity contribution >= 4 is 11.9 Å².